The number of nitrogens with zero attached hydrogens (tertiary/aromatic N) is 2. The van der Waals surface area contributed by atoms with E-state index in [1.54, 1.807) is 3.83 Å². The van der Waals surface area contributed by atoms with Crippen molar-refractivity contribution in [2.75, 3.05) is 0 Å². The van der Waals surface area contributed by atoms with Crippen LogP contribution >= 0.6 is 18.6 Å². The van der Waals surface area contributed by atoms with E-state index in [0.717, 1.165) is 0 Å². The molecule has 1 rings (SSSR count). The SMILES string of the molecule is Cc1c(C)[n+](C(C)C)c([I+]I)n1C(C)C. The molecule has 0 spiro atoms. The molecule has 0 aromatic carbocycles. The maximum atomic E-state index is 2.57. The largest absolute Gasteiger partial charge is 0.507 e. The standard InChI is InChI=1S/C11H20I2N2/c1-7(2)14-9(5)10(6)15(8(3)4)11(14)13-12/h7-8H,1-6H3/q+2. The van der Waals surface area contributed by atoms with Crippen molar-refractivity contribution in [2.45, 2.75) is 53.6 Å². The van der Waals surface area contributed by atoms with Gasteiger partial charge in [-0.25, -0.2) is 0 Å². The van der Waals surface area contributed by atoms with Crippen LogP contribution in [0.5, 0.6) is 0 Å². The molecule has 0 aliphatic heterocycles. The fourth-order valence-electron chi connectivity index (χ4n) is 2.01. The van der Waals surface area contributed by atoms with Crippen LogP contribution < -0.4 is 21.8 Å². The number of aromatic nitrogens is 2. The highest BCUT2D eigenvalue weighted by Gasteiger charge is 2.37. The summed E-state index contributed by atoms with van der Waals surface area (Å²) in [5.74, 6) is 0. The predicted octanol–water partition coefficient (Wildman–Crippen LogP) is 0.163. The predicted molar refractivity (Wildman–Crippen MR) is 67.6 cm³/mol. The van der Waals surface area contributed by atoms with Gasteiger partial charge in [0.25, 0.3) is 18.6 Å². The van der Waals surface area contributed by atoms with E-state index in [4.69, 9.17) is 0 Å². The van der Waals surface area contributed by atoms with Crippen LogP contribution in [0.3, 0.4) is 0 Å². The summed E-state index contributed by atoms with van der Waals surface area (Å²) in [6.07, 6.45) is 0. The van der Waals surface area contributed by atoms with Crippen molar-refractivity contribution in [3.8, 4) is 0 Å². The van der Waals surface area contributed by atoms with Crippen molar-refractivity contribution in [2.24, 2.45) is 0 Å². The van der Waals surface area contributed by atoms with E-state index >= 15 is 0 Å². The molecule has 0 saturated carbocycles. The molecule has 15 heavy (non-hydrogen) atoms. The molecule has 0 N–H and O–H groups in total. The maximum absolute atomic E-state index is 2.57. The Hall–Kier alpha value is 0.670. The summed E-state index contributed by atoms with van der Waals surface area (Å²) in [7, 11) is 0. The quantitative estimate of drug-likeness (QED) is 0.474. The summed E-state index contributed by atoms with van der Waals surface area (Å²) in [6, 6.07) is 1.15. The van der Waals surface area contributed by atoms with Gasteiger partial charge in [0.1, 0.15) is 11.4 Å². The molecule has 1 heterocycles. The first-order valence-electron chi connectivity index (χ1n) is 5.30. The van der Waals surface area contributed by atoms with Gasteiger partial charge in [-0.1, -0.05) is 0 Å². The molecular weight excluding hydrogens is 414 g/mol. The molecule has 0 amide bonds. The minimum atomic E-state index is 0.0988. The van der Waals surface area contributed by atoms with Gasteiger partial charge >= 0.3 is 21.1 Å². The van der Waals surface area contributed by atoms with Crippen molar-refractivity contribution < 1.29 is 21.8 Å². The minimum absolute atomic E-state index is 0.0988. The third-order valence-electron chi connectivity index (χ3n) is 2.74. The molecule has 0 atom stereocenters. The van der Waals surface area contributed by atoms with E-state index in [-0.39, 0.29) is 17.2 Å². The molecule has 0 fully saturated rings. The molecule has 0 saturated heterocycles. The highest BCUT2D eigenvalue weighted by atomic mass is 128. The fraction of sp³-hybridized carbons (Fsp3) is 0.727. The molecule has 0 aliphatic rings. The van der Waals surface area contributed by atoms with Gasteiger partial charge < -0.3 is 0 Å². The Bertz CT molecular complexity index is 322. The Morgan fingerprint density at radius 3 is 2.07 bits per heavy atom. The van der Waals surface area contributed by atoms with Crippen LogP contribution in [0.1, 0.15) is 51.2 Å². The van der Waals surface area contributed by atoms with Crippen LogP contribution in [-0.4, -0.2) is 4.57 Å². The number of imidazole rings is 1. The molecule has 0 bridgehead atoms. The summed E-state index contributed by atoms with van der Waals surface area (Å²) in [6.45, 7) is 13.6. The van der Waals surface area contributed by atoms with E-state index < -0.39 is 0 Å². The highest BCUT2D eigenvalue weighted by molar-refractivity contribution is 14.1. The summed E-state index contributed by atoms with van der Waals surface area (Å²) in [4.78, 5) is 0. The summed E-state index contributed by atoms with van der Waals surface area (Å²) in [5, 5.41) is 0. The lowest BCUT2D eigenvalue weighted by atomic mass is 10.3. The summed E-state index contributed by atoms with van der Waals surface area (Å²) in [5.41, 5.74) is 2.87. The van der Waals surface area contributed by atoms with Gasteiger partial charge in [0.15, 0.2) is 0 Å². The van der Waals surface area contributed by atoms with E-state index in [2.05, 4.69) is 69.3 Å². The number of halogens is 2. The lowest BCUT2D eigenvalue weighted by Gasteiger charge is -2.01. The zero-order chi connectivity index (χ0) is 11.7. The summed E-state index contributed by atoms with van der Waals surface area (Å²) >= 11 is 2.67. The topological polar surface area (TPSA) is 8.81 Å². The molecule has 4 heteroatoms. The van der Waals surface area contributed by atoms with Gasteiger partial charge in [0.05, 0.1) is 12.1 Å². The average Bonchev–Trinajstić information content (AvgIpc) is 2.39. The normalized spacial score (nSPS) is 11.8. The first-order valence-corrected chi connectivity index (χ1v) is 12.7. The zero-order valence-corrected chi connectivity index (χ0v) is 14.6. The second-order valence-corrected chi connectivity index (χ2v) is 8.55. The smallest absolute Gasteiger partial charge is 0.185 e. The molecule has 0 aliphatic carbocycles. The van der Waals surface area contributed by atoms with E-state index in [0.29, 0.717) is 12.1 Å². The van der Waals surface area contributed by atoms with Crippen LogP contribution in [0, 0.1) is 17.7 Å². The minimum Gasteiger partial charge on any atom is -0.185 e. The van der Waals surface area contributed by atoms with Crippen molar-refractivity contribution >= 4 is 18.6 Å². The maximum Gasteiger partial charge on any atom is 0.507 e. The number of hydrogen-bond donors (Lipinski definition) is 0. The van der Waals surface area contributed by atoms with Crippen molar-refractivity contribution in [3.63, 3.8) is 0 Å². The van der Waals surface area contributed by atoms with Crippen LogP contribution in [0.15, 0.2) is 0 Å². The van der Waals surface area contributed by atoms with Gasteiger partial charge in [0, 0.05) is 13.8 Å². The Kier molecular flexibility index (Phi) is 4.88. The molecule has 1 aromatic heterocycles. The molecule has 86 valence electrons. The summed E-state index contributed by atoms with van der Waals surface area (Å²) < 4.78 is 6.57. The second-order valence-electron chi connectivity index (χ2n) is 4.44. The van der Waals surface area contributed by atoms with Gasteiger partial charge in [0.2, 0.25) is 0 Å². The Morgan fingerprint density at radius 1 is 1.20 bits per heavy atom. The Balaban J connectivity index is 3.47. The van der Waals surface area contributed by atoms with Crippen LogP contribution in [0.4, 0.5) is 0 Å². The molecule has 2 nitrogen and oxygen atoms in total. The van der Waals surface area contributed by atoms with Gasteiger partial charge in [-0.3, -0.25) is 0 Å². The van der Waals surface area contributed by atoms with Crippen molar-refractivity contribution in [1.29, 1.82) is 0 Å². The van der Waals surface area contributed by atoms with Crippen molar-refractivity contribution in [1.82, 2.24) is 4.57 Å². The molecule has 0 radical (unpaired) electrons. The fourth-order valence-corrected chi connectivity index (χ4v) is 6.88. The monoisotopic (exact) mass is 434 g/mol. The number of rotatable bonds is 3. The number of hydrogen-bond acceptors (Lipinski definition) is 0. The third-order valence-corrected chi connectivity index (χ3v) is 6.59. The van der Waals surface area contributed by atoms with E-state index in [1.807, 2.05) is 0 Å². The third kappa shape index (κ3) is 2.50. The van der Waals surface area contributed by atoms with E-state index in [1.165, 1.54) is 11.4 Å². The Labute approximate surface area is 113 Å². The molecule has 1 aromatic rings. The second kappa shape index (κ2) is 5.33. The zero-order valence-electron chi connectivity index (χ0n) is 10.3. The van der Waals surface area contributed by atoms with Gasteiger partial charge in [-0.15, -0.1) is 0 Å². The first kappa shape index (κ1) is 13.7. The Morgan fingerprint density at radius 2 is 1.73 bits per heavy atom. The first-order chi connectivity index (χ1) is 6.91. The van der Waals surface area contributed by atoms with Crippen LogP contribution in [0.25, 0.3) is 0 Å². The van der Waals surface area contributed by atoms with Crippen LogP contribution in [-0.2, 0) is 0 Å². The van der Waals surface area contributed by atoms with Gasteiger partial charge in [-0.05, 0) is 27.7 Å². The highest BCUT2D eigenvalue weighted by Crippen LogP contribution is 2.12. The molecule has 0 unspecified atom stereocenters. The van der Waals surface area contributed by atoms with E-state index in [9.17, 15) is 0 Å². The average molecular weight is 434 g/mol. The lowest BCUT2D eigenvalue weighted by Crippen LogP contribution is -3.56. The molecular formula is C11H20I2N2+2. The lowest BCUT2D eigenvalue weighted by molar-refractivity contribution is -0.812. The van der Waals surface area contributed by atoms with Crippen LogP contribution in [0.2, 0.25) is 0 Å². The van der Waals surface area contributed by atoms with Gasteiger partial charge in [-0.2, -0.15) is 9.13 Å². The van der Waals surface area contributed by atoms with Crippen molar-refractivity contribution in [3.05, 3.63) is 15.2 Å².